The highest BCUT2D eigenvalue weighted by Gasteiger charge is 2.55. The van der Waals surface area contributed by atoms with Crippen LogP contribution in [0.25, 0.3) is 0 Å². The highest BCUT2D eigenvalue weighted by molar-refractivity contribution is 5.09. The second-order valence-corrected chi connectivity index (χ2v) is 6.58. The summed E-state index contributed by atoms with van der Waals surface area (Å²) in [7, 11) is 2.18. The van der Waals surface area contributed by atoms with Crippen molar-refractivity contribution in [3.05, 3.63) is 0 Å². The molecule has 0 aromatic carbocycles. The van der Waals surface area contributed by atoms with Crippen LogP contribution in [0.3, 0.4) is 0 Å². The maximum atomic E-state index is 13.7. The minimum Gasteiger partial charge on any atom is -0.300 e. The van der Waals surface area contributed by atoms with E-state index in [1.165, 1.54) is 12.8 Å². The summed E-state index contributed by atoms with van der Waals surface area (Å²) in [5, 5.41) is 0. The van der Waals surface area contributed by atoms with E-state index in [9.17, 15) is 4.39 Å². The Hall–Kier alpha value is -0.110. The third kappa shape index (κ3) is 1.71. The number of hydrogen-bond donors (Lipinski definition) is 0. The standard InChI is InChI=1S/C13H24FN/c1-12(2,3)11-8-10(14)9-13(11)6-5-7-15(13)4/h10-11H,5-9H2,1-4H3. The maximum absolute atomic E-state index is 13.7. The Bertz CT molecular complexity index is 245. The third-order valence-electron chi connectivity index (χ3n) is 4.62. The van der Waals surface area contributed by atoms with Crippen molar-refractivity contribution in [1.29, 1.82) is 0 Å². The van der Waals surface area contributed by atoms with Crippen molar-refractivity contribution >= 4 is 0 Å². The minimum atomic E-state index is -0.574. The number of nitrogens with zero attached hydrogens (tertiary/aromatic N) is 1. The molecular formula is C13H24FN. The molecule has 2 rings (SSSR count). The molecule has 0 aromatic rings. The maximum Gasteiger partial charge on any atom is 0.102 e. The van der Waals surface area contributed by atoms with Gasteiger partial charge in [-0.05, 0) is 50.6 Å². The summed E-state index contributed by atoms with van der Waals surface area (Å²) >= 11 is 0. The third-order valence-corrected chi connectivity index (χ3v) is 4.62. The predicted molar refractivity (Wildman–Crippen MR) is 61.7 cm³/mol. The fourth-order valence-electron chi connectivity index (χ4n) is 3.98. The predicted octanol–water partition coefficient (Wildman–Crippen LogP) is 3.25. The van der Waals surface area contributed by atoms with Crippen LogP contribution in [0.2, 0.25) is 0 Å². The molecule has 88 valence electrons. The van der Waals surface area contributed by atoms with E-state index in [0.29, 0.717) is 5.92 Å². The lowest BCUT2D eigenvalue weighted by Gasteiger charge is -2.44. The lowest BCUT2D eigenvalue weighted by molar-refractivity contribution is 0.0539. The van der Waals surface area contributed by atoms with Crippen molar-refractivity contribution in [2.24, 2.45) is 11.3 Å². The van der Waals surface area contributed by atoms with Gasteiger partial charge in [0.1, 0.15) is 6.17 Å². The van der Waals surface area contributed by atoms with Gasteiger partial charge in [-0.2, -0.15) is 0 Å². The molecule has 15 heavy (non-hydrogen) atoms. The van der Waals surface area contributed by atoms with Gasteiger partial charge in [-0.15, -0.1) is 0 Å². The number of halogens is 1. The first-order valence-corrected chi connectivity index (χ1v) is 6.21. The number of likely N-dealkylation sites (tertiary alicyclic amines) is 1. The van der Waals surface area contributed by atoms with Gasteiger partial charge in [0.25, 0.3) is 0 Å². The topological polar surface area (TPSA) is 3.24 Å². The van der Waals surface area contributed by atoms with E-state index in [4.69, 9.17) is 0 Å². The van der Waals surface area contributed by atoms with Gasteiger partial charge in [0.2, 0.25) is 0 Å². The summed E-state index contributed by atoms with van der Waals surface area (Å²) in [6.45, 7) is 7.95. The molecule has 0 N–H and O–H groups in total. The first-order valence-electron chi connectivity index (χ1n) is 6.21. The zero-order chi connectivity index (χ0) is 11.3. The molecule has 0 radical (unpaired) electrons. The Kier molecular flexibility index (Phi) is 2.61. The molecule has 1 heterocycles. The lowest BCUT2D eigenvalue weighted by atomic mass is 9.69. The van der Waals surface area contributed by atoms with Gasteiger partial charge in [-0.25, -0.2) is 4.39 Å². The molecule has 0 amide bonds. The summed E-state index contributed by atoms with van der Waals surface area (Å²) in [5.74, 6) is 0.521. The molecule has 2 aliphatic rings. The van der Waals surface area contributed by atoms with Gasteiger partial charge < -0.3 is 4.90 Å². The fourth-order valence-corrected chi connectivity index (χ4v) is 3.98. The molecule has 1 aliphatic carbocycles. The van der Waals surface area contributed by atoms with Crippen LogP contribution in [0.4, 0.5) is 4.39 Å². The average molecular weight is 213 g/mol. The van der Waals surface area contributed by atoms with Crippen molar-refractivity contribution in [2.45, 2.75) is 58.2 Å². The molecule has 0 aromatic heterocycles. The summed E-state index contributed by atoms with van der Waals surface area (Å²) in [6, 6.07) is 0. The van der Waals surface area contributed by atoms with E-state index in [0.717, 1.165) is 19.4 Å². The number of hydrogen-bond acceptors (Lipinski definition) is 1. The Morgan fingerprint density at radius 1 is 1.33 bits per heavy atom. The van der Waals surface area contributed by atoms with Gasteiger partial charge in [-0.3, -0.25) is 0 Å². The van der Waals surface area contributed by atoms with Crippen molar-refractivity contribution < 1.29 is 4.39 Å². The number of rotatable bonds is 0. The Morgan fingerprint density at radius 2 is 2.00 bits per heavy atom. The van der Waals surface area contributed by atoms with Crippen LogP contribution in [-0.2, 0) is 0 Å². The van der Waals surface area contributed by atoms with Gasteiger partial charge >= 0.3 is 0 Å². The van der Waals surface area contributed by atoms with Crippen molar-refractivity contribution in [2.75, 3.05) is 13.6 Å². The minimum absolute atomic E-state index is 0.178. The zero-order valence-corrected chi connectivity index (χ0v) is 10.5. The first-order chi connectivity index (χ1) is 6.86. The van der Waals surface area contributed by atoms with Crippen LogP contribution in [0.5, 0.6) is 0 Å². The first kappa shape index (κ1) is 11.4. The van der Waals surface area contributed by atoms with E-state index >= 15 is 0 Å². The molecule has 1 spiro atoms. The van der Waals surface area contributed by atoms with E-state index in [-0.39, 0.29) is 11.0 Å². The van der Waals surface area contributed by atoms with Gasteiger partial charge in [-0.1, -0.05) is 20.8 Å². The van der Waals surface area contributed by atoms with Crippen LogP contribution in [0, 0.1) is 11.3 Å². The smallest absolute Gasteiger partial charge is 0.102 e. The second kappa shape index (κ2) is 3.44. The van der Waals surface area contributed by atoms with Crippen molar-refractivity contribution in [3.63, 3.8) is 0 Å². The number of alkyl halides is 1. The fraction of sp³-hybridized carbons (Fsp3) is 1.00. The average Bonchev–Trinajstić information content (AvgIpc) is 2.58. The summed E-state index contributed by atoms with van der Waals surface area (Å²) in [5.41, 5.74) is 0.414. The molecule has 1 aliphatic heterocycles. The van der Waals surface area contributed by atoms with Crippen LogP contribution in [0.15, 0.2) is 0 Å². The van der Waals surface area contributed by atoms with Crippen LogP contribution < -0.4 is 0 Å². The van der Waals surface area contributed by atoms with E-state index < -0.39 is 6.17 Å². The Labute approximate surface area is 93.0 Å². The van der Waals surface area contributed by atoms with Crippen molar-refractivity contribution in [1.82, 2.24) is 4.90 Å². The molecule has 1 nitrogen and oxygen atoms in total. The molecule has 3 atom stereocenters. The van der Waals surface area contributed by atoms with E-state index in [1.54, 1.807) is 0 Å². The molecule has 1 saturated heterocycles. The normalized spacial score (nSPS) is 43.0. The van der Waals surface area contributed by atoms with Crippen LogP contribution in [-0.4, -0.2) is 30.2 Å². The van der Waals surface area contributed by atoms with Gasteiger partial charge in [0.05, 0.1) is 0 Å². The highest BCUT2D eigenvalue weighted by Crippen LogP contribution is 2.53. The molecule has 2 fully saturated rings. The lowest BCUT2D eigenvalue weighted by Crippen LogP contribution is -2.48. The summed E-state index contributed by atoms with van der Waals surface area (Å²) < 4.78 is 13.7. The molecule has 0 bridgehead atoms. The second-order valence-electron chi connectivity index (χ2n) is 6.58. The summed E-state index contributed by atoms with van der Waals surface area (Å²) in [6.07, 6.45) is 3.41. The monoisotopic (exact) mass is 213 g/mol. The molecule has 2 heteroatoms. The van der Waals surface area contributed by atoms with Crippen LogP contribution in [0.1, 0.15) is 46.5 Å². The van der Waals surface area contributed by atoms with Gasteiger partial charge in [0.15, 0.2) is 0 Å². The van der Waals surface area contributed by atoms with Gasteiger partial charge in [0, 0.05) is 5.54 Å². The molecule has 1 saturated carbocycles. The molecular weight excluding hydrogens is 189 g/mol. The Morgan fingerprint density at radius 3 is 2.47 bits per heavy atom. The largest absolute Gasteiger partial charge is 0.300 e. The quantitative estimate of drug-likeness (QED) is 0.597. The zero-order valence-electron chi connectivity index (χ0n) is 10.5. The SMILES string of the molecule is CN1CCCC12CC(F)CC2C(C)(C)C. The van der Waals surface area contributed by atoms with Crippen LogP contribution >= 0.6 is 0 Å². The Balaban J connectivity index is 2.29. The van der Waals surface area contributed by atoms with E-state index in [1.807, 2.05) is 0 Å². The summed E-state index contributed by atoms with van der Waals surface area (Å²) in [4.78, 5) is 2.43. The molecule has 3 unspecified atom stereocenters. The highest BCUT2D eigenvalue weighted by atomic mass is 19.1. The van der Waals surface area contributed by atoms with E-state index in [2.05, 4.69) is 32.7 Å². The van der Waals surface area contributed by atoms with Crippen molar-refractivity contribution in [3.8, 4) is 0 Å².